The van der Waals surface area contributed by atoms with Crippen LogP contribution in [0, 0.1) is 40.9 Å². The van der Waals surface area contributed by atoms with Crippen molar-refractivity contribution in [3.05, 3.63) is 0 Å². The number of carbonyl (C=O) groups is 2. The molecule has 2 heterocycles. The number of hydrazine groups is 1. The second-order valence-electron chi connectivity index (χ2n) is 12.3. The predicted octanol–water partition coefficient (Wildman–Crippen LogP) is 2.99. The molecule has 5 aliphatic rings. The molecule has 36 heavy (non-hydrogen) atoms. The van der Waals surface area contributed by atoms with E-state index in [9.17, 15) is 23.6 Å². The van der Waals surface area contributed by atoms with Crippen LogP contribution in [0.25, 0.3) is 0 Å². The summed E-state index contributed by atoms with van der Waals surface area (Å²) in [4.78, 5) is 27.7. The second kappa shape index (κ2) is 9.71. The Bertz CT molecular complexity index is 893. The van der Waals surface area contributed by atoms with Crippen molar-refractivity contribution in [1.82, 2.24) is 20.7 Å². The minimum Gasteiger partial charge on any atom is -0.369 e. The van der Waals surface area contributed by atoms with Gasteiger partial charge in [-0.25, -0.2) is 18.6 Å². The Balaban J connectivity index is 1.26. The molecular weight excluding hydrogens is 466 g/mol. The van der Waals surface area contributed by atoms with E-state index in [1.165, 1.54) is 6.42 Å². The monoisotopic (exact) mass is 506 g/mol. The summed E-state index contributed by atoms with van der Waals surface area (Å²) in [5, 5.41) is 14.3. The highest BCUT2D eigenvalue weighted by Crippen LogP contribution is 2.53. The van der Waals surface area contributed by atoms with Crippen LogP contribution in [0.2, 0.25) is 0 Å². The van der Waals surface area contributed by atoms with Crippen LogP contribution in [0.3, 0.4) is 0 Å². The van der Waals surface area contributed by atoms with Gasteiger partial charge in [-0.3, -0.25) is 10.2 Å². The number of carbonyl (C=O) groups excluding carboxylic acids is 2. The number of nitrogens with two attached hydrogens (primary N) is 1. The molecule has 2 saturated heterocycles. The number of nitriles is 1. The van der Waals surface area contributed by atoms with E-state index >= 15 is 0 Å². The molecule has 0 aromatic carbocycles. The molecule has 2 aliphatic heterocycles. The first-order valence-electron chi connectivity index (χ1n) is 13.8. The van der Waals surface area contributed by atoms with Crippen LogP contribution >= 0.6 is 0 Å². The number of amides is 3. The van der Waals surface area contributed by atoms with Gasteiger partial charge in [-0.1, -0.05) is 19.8 Å². The largest absolute Gasteiger partial charge is 0.369 e. The fraction of sp³-hybridized carbons (Fsp3) is 0.885. The van der Waals surface area contributed by atoms with Gasteiger partial charge < -0.3 is 16.0 Å². The molecule has 3 saturated carbocycles. The van der Waals surface area contributed by atoms with E-state index in [0.717, 1.165) is 19.3 Å². The number of fused-ring (bicyclic) bond motifs is 1. The Morgan fingerprint density at radius 1 is 1.11 bits per heavy atom. The summed E-state index contributed by atoms with van der Waals surface area (Å²) in [7, 11) is 0. The number of hydrogen-bond donors (Lipinski definition) is 3. The Morgan fingerprint density at radius 2 is 1.83 bits per heavy atom. The Hall–Kier alpha value is -1.99. The number of urea groups is 1. The van der Waals surface area contributed by atoms with Crippen LogP contribution < -0.4 is 16.5 Å². The zero-order valence-electron chi connectivity index (χ0n) is 21.2. The van der Waals surface area contributed by atoms with Crippen LogP contribution in [-0.2, 0) is 4.79 Å². The molecule has 3 amide bonds. The molecule has 10 heteroatoms. The zero-order chi connectivity index (χ0) is 25.7. The molecule has 0 bridgehead atoms. The molecule has 0 spiro atoms. The summed E-state index contributed by atoms with van der Waals surface area (Å²) in [6.45, 7) is 3.63. The fourth-order valence-corrected chi connectivity index (χ4v) is 7.96. The molecule has 5 unspecified atom stereocenters. The highest BCUT2D eigenvalue weighted by Gasteiger charge is 2.61. The van der Waals surface area contributed by atoms with Crippen molar-refractivity contribution < 1.29 is 18.4 Å². The van der Waals surface area contributed by atoms with Crippen molar-refractivity contribution in [2.75, 3.05) is 19.6 Å². The van der Waals surface area contributed by atoms with Gasteiger partial charge in [-0.15, -0.1) is 0 Å². The van der Waals surface area contributed by atoms with Gasteiger partial charge in [0.2, 0.25) is 5.91 Å². The van der Waals surface area contributed by atoms with Gasteiger partial charge in [0, 0.05) is 44.4 Å². The third-order valence-electron chi connectivity index (χ3n) is 9.83. The zero-order valence-corrected chi connectivity index (χ0v) is 21.2. The Kier molecular flexibility index (Phi) is 6.92. The first-order chi connectivity index (χ1) is 17.1. The topological polar surface area (TPSA) is 114 Å². The quantitative estimate of drug-likeness (QED) is 0.542. The Labute approximate surface area is 212 Å². The number of halogens is 2. The first kappa shape index (κ1) is 25.7. The molecular formula is C26H40F2N6O2. The lowest BCUT2D eigenvalue weighted by Gasteiger charge is -2.54. The van der Waals surface area contributed by atoms with E-state index in [2.05, 4.69) is 28.7 Å². The minimum absolute atomic E-state index is 0.0229. The first-order valence-corrected chi connectivity index (χ1v) is 13.8. The van der Waals surface area contributed by atoms with E-state index < -0.39 is 11.5 Å². The average Bonchev–Trinajstić information content (AvgIpc) is 3.22. The molecule has 5 rings (SSSR count). The van der Waals surface area contributed by atoms with Crippen molar-refractivity contribution in [1.29, 1.82) is 5.26 Å². The summed E-state index contributed by atoms with van der Waals surface area (Å²) in [6, 6.07) is 1.73. The molecule has 5 atom stereocenters. The SMILES string of the molecule is CC1CCCC(C2NN3CCN(C(=O)NC4(C5CCC(C#N)CC5)CC(F)(F)C4)CC3C2C(N)=O)C1. The van der Waals surface area contributed by atoms with E-state index in [0.29, 0.717) is 57.2 Å². The van der Waals surface area contributed by atoms with Crippen molar-refractivity contribution >= 4 is 11.9 Å². The standard InChI is InChI=1S/C26H40F2N6O2/c1-16-3-2-4-18(11-16)22-21(23(30)35)20-13-33(9-10-34(20)32-22)24(36)31-25(14-26(27,28)15-25)19-7-5-17(12-29)6-8-19/h16-22,32H,2-11,13-15H2,1H3,(H2,30,35)(H,31,36). The molecule has 0 radical (unpaired) electrons. The number of nitrogens with one attached hydrogen (secondary N) is 2. The lowest BCUT2D eigenvalue weighted by atomic mass is 9.60. The predicted molar refractivity (Wildman–Crippen MR) is 129 cm³/mol. The van der Waals surface area contributed by atoms with Gasteiger partial charge in [0.1, 0.15) is 0 Å². The van der Waals surface area contributed by atoms with Gasteiger partial charge >= 0.3 is 6.03 Å². The fourth-order valence-electron chi connectivity index (χ4n) is 7.96. The van der Waals surface area contributed by atoms with Crippen LogP contribution in [0.1, 0.15) is 71.1 Å². The summed E-state index contributed by atoms with van der Waals surface area (Å²) < 4.78 is 28.2. The summed E-state index contributed by atoms with van der Waals surface area (Å²) >= 11 is 0. The van der Waals surface area contributed by atoms with Gasteiger partial charge in [-0.2, -0.15) is 5.26 Å². The molecule has 0 aromatic rings. The minimum atomic E-state index is -2.77. The van der Waals surface area contributed by atoms with Crippen molar-refractivity contribution in [3.63, 3.8) is 0 Å². The summed E-state index contributed by atoms with van der Waals surface area (Å²) in [5.74, 6) is -2.57. The third kappa shape index (κ3) is 4.81. The highest BCUT2D eigenvalue weighted by atomic mass is 19.3. The van der Waals surface area contributed by atoms with Crippen molar-refractivity contribution in [3.8, 4) is 6.07 Å². The molecule has 8 nitrogen and oxygen atoms in total. The maximum atomic E-state index is 14.1. The number of primary amides is 1. The van der Waals surface area contributed by atoms with Gasteiger partial charge in [0.15, 0.2) is 0 Å². The van der Waals surface area contributed by atoms with E-state index in [1.54, 1.807) is 4.90 Å². The molecule has 200 valence electrons. The van der Waals surface area contributed by atoms with Crippen LogP contribution in [0.4, 0.5) is 13.6 Å². The smallest absolute Gasteiger partial charge is 0.317 e. The molecule has 4 N–H and O–H groups in total. The summed E-state index contributed by atoms with van der Waals surface area (Å²) in [5.41, 5.74) is 8.55. The molecule has 5 fully saturated rings. The number of piperazine rings is 1. The number of hydrogen-bond acceptors (Lipinski definition) is 5. The normalized spacial score (nSPS) is 39.9. The Morgan fingerprint density at radius 3 is 2.44 bits per heavy atom. The van der Waals surface area contributed by atoms with Crippen molar-refractivity contribution in [2.24, 2.45) is 35.3 Å². The second-order valence-corrected chi connectivity index (χ2v) is 12.3. The van der Waals surface area contributed by atoms with Crippen LogP contribution in [0.5, 0.6) is 0 Å². The van der Waals surface area contributed by atoms with Gasteiger partial charge in [-0.05, 0) is 56.3 Å². The summed E-state index contributed by atoms with van der Waals surface area (Å²) in [6.07, 6.45) is 6.56. The van der Waals surface area contributed by atoms with Gasteiger partial charge in [0.25, 0.3) is 5.92 Å². The van der Waals surface area contributed by atoms with E-state index in [-0.39, 0.29) is 54.6 Å². The molecule has 0 aromatic heterocycles. The number of rotatable bonds is 4. The third-order valence-corrected chi connectivity index (χ3v) is 9.83. The molecule has 3 aliphatic carbocycles. The van der Waals surface area contributed by atoms with Crippen molar-refractivity contribution in [2.45, 2.75) is 94.7 Å². The van der Waals surface area contributed by atoms with Gasteiger partial charge in [0.05, 0.1) is 23.6 Å². The highest BCUT2D eigenvalue weighted by molar-refractivity contribution is 5.79. The number of nitrogens with zero attached hydrogens (tertiary/aromatic N) is 3. The van der Waals surface area contributed by atoms with Crippen LogP contribution in [0.15, 0.2) is 0 Å². The lowest BCUT2D eigenvalue weighted by molar-refractivity contribution is -0.153. The maximum absolute atomic E-state index is 14.1. The van der Waals surface area contributed by atoms with E-state index in [4.69, 9.17) is 5.73 Å². The number of alkyl halides is 2. The average molecular weight is 507 g/mol. The van der Waals surface area contributed by atoms with E-state index in [1.807, 2.05) is 0 Å². The van der Waals surface area contributed by atoms with Crippen LogP contribution in [-0.4, -0.2) is 65.0 Å². The maximum Gasteiger partial charge on any atom is 0.317 e. The lowest BCUT2D eigenvalue weighted by Crippen LogP contribution is -2.69.